The van der Waals surface area contributed by atoms with E-state index in [0.29, 0.717) is 11.1 Å². The molecule has 0 saturated carbocycles. The maximum atomic E-state index is 12.0. The number of amides is 1. The Kier molecular flexibility index (Phi) is 2.98. The first-order valence-corrected chi connectivity index (χ1v) is 6.49. The van der Waals surface area contributed by atoms with Gasteiger partial charge in [-0.3, -0.25) is 14.4 Å². The number of hydrogen-bond donors (Lipinski definition) is 2. The zero-order valence-corrected chi connectivity index (χ0v) is 12.0. The van der Waals surface area contributed by atoms with Gasteiger partial charge in [-0.1, -0.05) is 0 Å². The van der Waals surface area contributed by atoms with Gasteiger partial charge in [0.1, 0.15) is 0 Å². The molecule has 0 saturated heterocycles. The number of H-pyrrole nitrogens is 1. The number of benzene rings is 1. The van der Waals surface area contributed by atoms with E-state index >= 15 is 0 Å². The zero-order chi connectivity index (χ0) is 16.0. The fourth-order valence-corrected chi connectivity index (χ4v) is 2.25. The quantitative estimate of drug-likeness (QED) is 0.664. The van der Waals surface area contributed by atoms with E-state index in [4.69, 9.17) is 10.2 Å². The summed E-state index contributed by atoms with van der Waals surface area (Å²) in [6, 6.07) is 6.27. The van der Waals surface area contributed by atoms with Crippen molar-refractivity contribution in [3.63, 3.8) is 0 Å². The Hall–Kier alpha value is -3.09. The van der Waals surface area contributed by atoms with Crippen molar-refractivity contribution in [2.24, 2.45) is 5.73 Å². The molecular formula is C15H13N3O4. The van der Waals surface area contributed by atoms with E-state index in [1.165, 1.54) is 0 Å². The molecule has 3 rings (SSSR count). The molecule has 22 heavy (non-hydrogen) atoms. The first-order valence-electron chi connectivity index (χ1n) is 6.49. The van der Waals surface area contributed by atoms with Crippen LogP contribution in [0.4, 0.5) is 5.69 Å². The highest BCUT2D eigenvalue weighted by Gasteiger charge is 2.13. The monoisotopic (exact) mass is 299 g/mol. The van der Waals surface area contributed by atoms with Gasteiger partial charge in [0.15, 0.2) is 5.58 Å². The second-order valence-electron chi connectivity index (χ2n) is 5.12. The summed E-state index contributed by atoms with van der Waals surface area (Å²) >= 11 is 0. The summed E-state index contributed by atoms with van der Waals surface area (Å²) in [6.07, 6.45) is 0. The molecule has 0 radical (unpaired) electrons. The van der Waals surface area contributed by atoms with Crippen LogP contribution < -0.4 is 21.5 Å². The molecule has 1 aliphatic carbocycles. The van der Waals surface area contributed by atoms with Crippen molar-refractivity contribution in [2.75, 3.05) is 19.0 Å². The molecule has 2 aliphatic rings. The van der Waals surface area contributed by atoms with E-state index in [1.807, 2.05) is 25.1 Å². The van der Waals surface area contributed by atoms with E-state index in [9.17, 15) is 14.4 Å². The summed E-state index contributed by atoms with van der Waals surface area (Å²) in [6.45, 7) is 0. The predicted octanol–water partition coefficient (Wildman–Crippen LogP) is 0.371. The van der Waals surface area contributed by atoms with Crippen LogP contribution >= 0.6 is 0 Å². The number of aromatic amines is 1. The molecule has 0 bridgehead atoms. The van der Waals surface area contributed by atoms with Crippen molar-refractivity contribution in [3.05, 3.63) is 61.0 Å². The van der Waals surface area contributed by atoms with Crippen LogP contribution in [-0.4, -0.2) is 25.0 Å². The smallest absolute Gasteiger partial charge is 0.270 e. The molecule has 7 heteroatoms. The molecular weight excluding hydrogens is 286 g/mol. The van der Waals surface area contributed by atoms with E-state index in [2.05, 4.69) is 4.98 Å². The van der Waals surface area contributed by atoms with E-state index in [-0.39, 0.29) is 16.3 Å². The topological polar surface area (TPSA) is 109 Å². The third kappa shape index (κ3) is 2.03. The number of rotatable bonds is 2. The number of nitrogens with zero attached hydrogens (tertiary/aromatic N) is 1. The number of anilines is 1. The Morgan fingerprint density at radius 1 is 1.23 bits per heavy atom. The standard InChI is InChI=1S/C15H13N3O4/c1-18(2)7-3-4-9-11(5-7)22-14-12(17-9)8(15(16)21)6-10(19)13(14)20/h3-6,17H,1-2H3,(H2,16,21). The van der Waals surface area contributed by atoms with Crippen LogP contribution in [0.3, 0.4) is 0 Å². The summed E-state index contributed by atoms with van der Waals surface area (Å²) in [5.74, 6) is -0.808. The molecule has 1 aromatic rings. The van der Waals surface area contributed by atoms with Gasteiger partial charge in [-0.2, -0.15) is 0 Å². The second kappa shape index (κ2) is 4.73. The van der Waals surface area contributed by atoms with E-state index < -0.39 is 16.8 Å². The first kappa shape index (κ1) is 13.9. The zero-order valence-electron chi connectivity index (χ0n) is 12.0. The largest absolute Gasteiger partial charge is 0.449 e. The van der Waals surface area contributed by atoms with Crippen molar-refractivity contribution < 1.29 is 9.21 Å². The molecule has 7 nitrogen and oxygen atoms in total. The Labute approximate surface area is 123 Å². The maximum absolute atomic E-state index is 12.0. The summed E-state index contributed by atoms with van der Waals surface area (Å²) in [5.41, 5.74) is 5.19. The third-order valence-electron chi connectivity index (χ3n) is 3.42. The average Bonchev–Trinajstić information content (AvgIpc) is 2.48. The molecule has 112 valence electrons. The van der Waals surface area contributed by atoms with Crippen LogP contribution in [0.15, 0.2) is 38.3 Å². The number of nitrogens with two attached hydrogens (primary N) is 1. The minimum Gasteiger partial charge on any atom is -0.449 e. The Bertz CT molecular complexity index is 1080. The Balaban J connectivity index is 2.54. The normalized spacial score (nSPS) is 11.0. The third-order valence-corrected chi connectivity index (χ3v) is 3.42. The molecule has 1 amide bonds. The molecule has 0 spiro atoms. The van der Waals surface area contributed by atoms with Crippen molar-refractivity contribution in [1.29, 1.82) is 0 Å². The average molecular weight is 299 g/mol. The highest BCUT2D eigenvalue weighted by atomic mass is 16.3. The van der Waals surface area contributed by atoms with E-state index in [0.717, 1.165) is 11.8 Å². The highest BCUT2D eigenvalue weighted by Crippen LogP contribution is 2.19. The van der Waals surface area contributed by atoms with Crippen molar-refractivity contribution in [1.82, 2.24) is 4.98 Å². The predicted molar refractivity (Wildman–Crippen MR) is 81.2 cm³/mol. The lowest BCUT2D eigenvalue weighted by molar-refractivity contribution is 0.0999. The van der Waals surface area contributed by atoms with Crippen LogP contribution in [-0.2, 0) is 0 Å². The van der Waals surface area contributed by atoms with Gasteiger partial charge in [-0.05, 0) is 12.1 Å². The summed E-state index contributed by atoms with van der Waals surface area (Å²) in [5, 5.41) is 0.127. The fraction of sp³-hybridized carbons (Fsp3) is 0.133. The lowest BCUT2D eigenvalue weighted by Crippen LogP contribution is -2.28. The number of fused-ring (bicyclic) bond motifs is 1. The molecule has 3 N–H and O–H groups in total. The molecule has 0 atom stereocenters. The van der Waals surface area contributed by atoms with Crippen LogP contribution in [0.5, 0.6) is 0 Å². The first-order chi connectivity index (χ1) is 10.4. The van der Waals surface area contributed by atoms with Crippen molar-refractivity contribution in [3.8, 4) is 0 Å². The number of nitrogens with one attached hydrogen (secondary N) is 1. The lowest BCUT2D eigenvalue weighted by atomic mass is 10.2. The SMILES string of the molecule is CN(C)c1ccc2[nH]c3c(C(N)=O)cc(=O)c(=O)c=3oc2c1. The van der Waals surface area contributed by atoms with Crippen LogP contribution in [0.2, 0.25) is 0 Å². The summed E-state index contributed by atoms with van der Waals surface area (Å²) in [7, 11) is 3.73. The second-order valence-corrected chi connectivity index (χ2v) is 5.12. The number of primary amides is 1. The van der Waals surface area contributed by atoms with Gasteiger partial charge in [0.2, 0.25) is 10.8 Å². The lowest BCUT2D eigenvalue weighted by Gasteiger charge is -2.12. The highest BCUT2D eigenvalue weighted by molar-refractivity contribution is 5.93. The minimum absolute atomic E-state index is 0.0677. The molecule has 1 aromatic carbocycles. The summed E-state index contributed by atoms with van der Waals surface area (Å²) in [4.78, 5) is 39.9. The molecule has 0 unspecified atom stereocenters. The van der Waals surface area contributed by atoms with Crippen LogP contribution in [0.25, 0.3) is 11.1 Å². The summed E-state index contributed by atoms with van der Waals surface area (Å²) < 4.78 is 5.56. The van der Waals surface area contributed by atoms with E-state index in [1.54, 1.807) is 12.1 Å². The fourth-order valence-electron chi connectivity index (χ4n) is 2.25. The number of aromatic nitrogens is 1. The Morgan fingerprint density at radius 2 is 1.95 bits per heavy atom. The van der Waals surface area contributed by atoms with Crippen molar-refractivity contribution >= 4 is 22.7 Å². The molecule has 1 aliphatic heterocycles. The van der Waals surface area contributed by atoms with Gasteiger partial charge in [-0.15, -0.1) is 0 Å². The number of hydrogen-bond acceptors (Lipinski definition) is 5. The van der Waals surface area contributed by atoms with Gasteiger partial charge >= 0.3 is 0 Å². The van der Waals surface area contributed by atoms with Gasteiger partial charge in [-0.25, -0.2) is 0 Å². The minimum atomic E-state index is -0.832. The van der Waals surface area contributed by atoms with Gasteiger partial charge in [0.05, 0.1) is 16.4 Å². The van der Waals surface area contributed by atoms with Crippen LogP contribution in [0, 0.1) is 10.8 Å². The van der Waals surface area contributed by atoms with Gasteiger partial charge in [0.25, 0.3) is 11.3 Å². The molecule has 0 fully saturated rings. The van der Waals surface area contributed by atoms with Crippen molar-refractivity contribution in [2.45, 2.75) is 0 Å². The van der Waals surface area contributed by atoms with Crippen LogP contribution in [0.1, 0.15) is 10.4 Å². The number of carbonyl (C=O) groups is 1. The number of carbonyl (C=O) groups excluding carboxylic acids is 1. The maximum Gasteiger partial charge on any atom is 0.270 e. The Morgan fingerprint density at radius 3 is 2.59 bits per heavy atom. The molecule has 0 aromatic heterocycles. The molecule has 1 heterocycles. The van der Waals surface area contributed by atoms with Gasteiger partial charge in [0, 0.05) is 31.9 Å². The van der Waals surface area contributed by atoms with Gasteiger partial charge < -0.3 is 20.0 Å².